The molecule has 0 saturated carbocycles. The number of ketones is 1. The van der Waals surface area contributed by atoms with E-state index < -0.39 is 6.29 Å². The molecule has 1 aliphatic heterocycles. The van der Waals surface area contributed by atoms with Gasteiger partial charge >= 0.3 is 0 Å². The van der Waals surface area contributed by atoms with Crippen molar-refractivity contribution in [2.24, 2.45) is 0 Å². The molecule has 1 heterocycles. The predicted molar refractivity (Wildman–Crippen MR) is 67.1 cm³/mol. The van der Waals surface area contributed by atoms with Crippen LogP contribution < -0.4 is 4.74 Å². The van der Waals surface area contributed by atoms with Crippen LogP contribution in [0.2, 0.25) is 0 Å². The van der Waals surface area contributed by atoms with E-state index in [0.717, 1.165) is 11.1 Å². The summed E-state index contributed by atoms with van der Waals surface area (Å²) in [5.41, 5.74) is 2.63. The van der Waals surface area contributed by atoms with Gasteiger partial charge in [-0.05, 0) is 31.0 Å². The number of Topliss-reactive ketones (excluding diaryl/α,β-unsaturated/α-hetero) is 1. The first-order valence-corrected chi connectivity index (χ1v) is 6.03. The van der Waals surface area contributed by atoms with Crippen LogP contribution in [0, 0.1) is 13.8 Å². The molecule has 1 fully saturated rings. The van der Waals surface area contributed by atoms with E-state index in [1.54, 1.807) is 7.11 Å². The quantitative estimate of drug-likeness (QED) is 0.769. The Bertz CT molecular complexity index is 447. The average molecular weight is 250 g/mol. The van der Waals surface area contributed by atoms with E-state index in [2.05, 4.69) is 0 Å². The zero-order chi connectivity index (χ0) is 13.1. The van der Waals surface area contributed by atoms with Crippen LogP contribution in [0.15, 0.2) is 12.1 Å². The summed E-state index contributed by atoms with van der Waals surface area (Å²) in [5.74, 6) is 0.617. The van der Waals surface area contributed by atoms with Crippen LogP contribution in [0.25, 0.3) is 0 Å². The molecule has 0 aliphatic carbocycles. The Morgan fingerprint density at radius 3 is 2.61 bits per heavy atom. The van der Waals surface area contributed by atoms with Gasteiger partial charge in [0, 0.05) is 0 Å². The van der Waals surface area contributed by atoms with E-state index in [-0.39, 0.29) is 12.2 Å². The van der Waals surface area contributed by atoms with Gasteiger partial charge < -0.3 is 14.2 Å². The van der Waals surface area contributed by atoms with Gasteiger partial charge in [-0.15, -0.1) is 0 Å². The minimum atomic E-state index is -0.414. The fourth-order valence-corrected chi connectivity index (χ4v) is 2.23. The summed E-state index contributed by atoms with van der Waals surface area (Å²) < 4.78 is 15.9. The highest BCUT2D eigenvalue weighted by Crippen LogP contribution is 2.26. The van der Waals surface area contributed by atoms with Crippen LogP contribution in [-0.2, 0) is 9.47 Å². The number of rotatable bonds is 4. The fourth-order valence-electron chi connectivity index (χ4n) is 2.23. The average Bonchev–Trinajstić information content (AvgIpc) is 2.80. The minimum absolute atomic E-state index is 0.00347. The van der Waals surface area contributed by atoms with Crippen LogP contribution in [0.4, 0.5) is 0 Å². The van der Waals surface area contributed by atoms with Crippen LogP contribution in [0.3, 0.4) is 0 Å². The number of carbonyl (C=O) groups excluding carboxylic acids is 1. The van der Waals surface area contributed by atoms with Gasteiger partial charge in [0.25, 0.3) is 0 Å². The first kappa shape index (κ1) is 13.1. The maximum absolute atomic E-state index is 12.3. The lowest BCUT2D eigenvalue weighted by atomic mass is 9.99. The smallest absolute Gasteiger partial charge is 0.171 e. The summed E-state index contributed by atoms with van der Waals surface area (Å²) >= 11 is 0. The summed E-state index contributed by atoms with van der Waals surface area (Å²) in [6.07, 6.45) is -0.178. The zero-order valence-corrected chi connectivity index (χ0v) is 11.0. The molecule has 0 amide bonds. The molecule has 2 rings (SSSR count). The highest BCUT2D eigenvalue weighted by atomic mass is 16.7. The Morgan fingerprint density at radius 2 is 2.00 bits per heavy atom. The third-order valence-corrected chi connectivity index (χ3v) is 2.99. The maximum Gasteiger partial charge on any atom is 0.171 e. The lowest BCUT2D eigenvalue weighted by Crippen LogP contribution is -2.16. The van der Waals surface area contributed by atoms with E-state index in [1.165, 1.54) is 0 Å². The third kappa shape index (κ3) is 2.71. The van der Waals surface area contributed by atoms with Gasteiger partial charge in [-0.1, -0.05) is 6.07 Å². The van der Waals surface area contributed by atoms with Crippen molar-refractivity contribution in [1.82, 2.24) is 0 Å². The number of ether oxygens (including phenoxy) is 3. The summed E-state index contributed by atoms with van der Waals surface area (Å²) in [6.45, 7) is 5.01. The number of methoxy groups -OCH3 is 1. The highest BCUT2D eigenvalue weighted by molar-refractivity contribution is 6.00. The molecule has 0 unspecified atom stereocenters. The van der Waals surface area contributed by atoms with Crippen molar-refractivity contribution in [1.29, 1.82) is 0 Å². The van der Waals surface area contributed by atoms with Gasteiger partial charge in [-0.3, -0.25) is 4.79 Å². The molecule has 1 aromatic rings. The Hall–Kier alpha value is -1.39. The van der Waals surface area contributed by atoms with E-state index in [9.17, 15) is 4.79 Å². The van der Waals surface area contributed by atoms with Gasteiger partial charge in [0.15, 0.2) is 12.1 Å². The van der Waals surface area contributed by atoms with Crippen molar-refractivity contribution < 1.29 is 19.0 Å². The Balaban J connectivity index is 2.23. The molecule has 0 radical (unpaired) electrons. The molecule has 4 heteroatoms. The molecule has 0 bridgehead atoms. The van der Waals surface area contributed by atoms with Crippen LogP contribution in [0.5, 0.6) is 5.75 Å². The molecule has 1 aliphatic rings. The molecule has 1 saturated heterocycles. The summed E-state index contributed by atoms with van der Waals surface area (Å²) in [4.78, 5) is 12.3. The lowest BCUT2D eigenvalue weighted by Gasteiger charge is -2.14. The second-order valence-electron chi connectivity index (χ2n) is 4.46. The molecule has 0 N–H and O–H groups in total. The first-order chi connectivity index (χ1) is 8.61. The van der Waals surface area contributed by atoms with E-state index in [4.69, 9.17) is 14.2 Å². The Kier molecular flexibility index (Phi) is 3.99. The molecule has 0 aromatic heterocycles. The van der Waals surface area contributed by atoms with Gasteiger partial charge in [-0.2, -0.15) is 0 Å². The summed E-state index contributed by atoms with van der Waals surface area (Å²) in [7, 11) is 1.58. The number of hydrogen-bond acceptors (Lipinski definition) is 4. The van der Waals surface area contributed by atoms with Crippen molar-refractivity contribution >= 4 is 5.78 Å². The standard InChI is InChI=1S/C14H18O4/c1-9-6-10(2)14(12(7-9)16-3)11(15)8-13-17-4-5-18-13/h6-7,13H,4-5,8H2,1-3H3. The van der Waals surface area contributed by atoms with Gasteiger partial charge in [-0.25, -0.2) is 0 Å². The first-order valence-electron chi connectivity index (χ1n) is 6.03. The van der Waals surface area contributed by atoms with Crippen molar-refractivity contribution in [3.05, 3.63) is 28.8 Å². The third-order valence-electron chi connectivity index (χ3n) is 2.99. The van der Waals surface area contributed by atoms with Crippen molar-refractivity contribution in [3.63, 3.8) is 0 Å². The summed E-state index contributed by atoms with van der Waals surface area (Å²) in [6, 6.07) is 3.85. The Morgan fingerprint density at radius 1 is 1.33 bits per heavy atom. The van der Waals surface area contributed by atoms with Crippen molar-refractivity contribution in [2.45, 2.75) is 26.6 Å². The van der Waals surface area contributed by atoms with E-state index in [1.807, 2.05) is 26.0 Å². The Labute approximate surface area is 107 Å². The number of carbonyl (C=O) groups is 1. The van der Waals surface area contributed by atoms with Crippen LogP contribution in [0.1, 0.15) is 27.9 Å². The van der Waals surface area contributed by atoms with Crippen molar-refractivity contribution in [2.75, 3.05) is 20.3 Å². The van der Waals surface area contributed by atoms with Gasteiger partial charge in [0.2, 0.25) is 0 Å². The monoisotopic (exact) mass is 250 g/mol. The molecular formula is C14H18O4. The molecule has 4 nitrogen and oxygen atoms in total. The molecular weight excluding hydrogens is 232 g/mol. The molecule has 98 valence electrons. The lowest BCUT2D eigenvalue weighted by molar-refractivity contribution is -0.0407. The number of benzene rings is 1. The molecule has 0 atom stereocenters. The van der Waals surface area contributed by atoms with Crippen molar-refractivity contribution in [3.8, 4) is 5.75 Å². The van der Waals surface area contributed by atoms with Gasteiger partial charge in [0.05, 0.1) is 32.3 Å². The second-order valence-corrected chi connectivity index (χ2v) is 4.46. The van der Waals surface area contributed by atoms with Crippen LogP contribution >= 0.6 is 0 Å². The van der Waals surface area contributed by atoms with Gasteiger partial charge in [0.1, 0.15) is 5.75 Å². The molecule has 18 heavy (non-hydrogen) atoms. The zero-order valence-electron chi connectivity index (χ0n) is 11.0. The normalized spacial score (nSPS) is 15.9. The number of hydrogen-bond donors (Lipinski definition) is 0. The largest absolute Gasteiger partial charge is 0.496 e. The van der Waals surface area contributed by atoms with E-state index >= 15 is 0 Å². The van der Waals surface area contributed by atoms with Crippen LogP contribution in [-0.4, -0.2) is 32.4 Å². The fraction of sp³-hybridized carbons (Fsp3) is 0.500. The number of aryl methyl sites for hydroxylation is 2. The molecule has 1 aromatic carbocycles. The SMILES string of the molecule is COc1cc(C)cc(C)c1C(=O)CC1OCCO1. The second kappa shape index (κ2) is 5.50. The highest BCUT2D eigenvalue weighted by Gasteiger charge is 2.23. The maximum atomic E-state index is 12.3. The summed E-state index contributed by atoms with van der Waals surface area (Å²) in [5, 5.41) is 0. The van der Waals surface area contributed by atoms with E-state index in [0.29, 0.717) is 24.5 Å². The topological polar surface area (TPSA) is 44.8 Å². The predicted octanol–water partition coefficient (Wildman–Crippen LogP) is 2.26. The molecule has 0 spiro atoms. The minimum Gasteiger partial charge on any atom is -0.496 e.